The summed E-state index contributed by atoms with van der Waals surface area (Å²) in [6.45, 7) is 2.07. The minimum absolute atomic E-state index is 0.156. The van der Waals surface area contributed by atoms with E-state index in [4.69, 9.17) is 0 Å². The van der Waals surface area contributed by atoms with E-state index in [-0.39, 0.29) is 5.56 Å². The van der Waals surface area contributed by atoms with Crippen LogP contribution < -0.4 is 4.90 Å². The molecule has 0 N–H and O–H groups in total. The fraction of sp³-hybridized carbons (Fsp3) is 0.188. The summed E-state index contributed by atoms with van der Waals surface area (Å²) in [5, 5.41) is 0. The number of hydrogen-bond donors (Lipinski definition) is 0. The molecule has 2 heterocycles. The zero-order chi connectivity index (χ0) is 15.0. The molecule has 0 aliphatic carbocycles. The Kier molecular flexibility index (Phi) is 3.25. The Bertz CT molecular complexity index is 729. The molecule has 0 spiro atoms. The molecule has 1 aromatic heterocycles. The van der Waals surface area contributed by atoms with Crippen LogP contribution in [-0.4, -0.2) is 23.2 Å². The average Bonchev–Trinajstić information content (AvgIpc) is 2.71. The number of hydrogen-bond acceptors (Lipinski definition) is 3. The van der Waals surface area contributed by atoms with Crippen molar-refractivity contribution < 1.29 is 14.0 Å². The number of amides is 1. The van der Waals surface area contributed by atoms with Gasteiger partial charge in [0, 0.05) is 18.9 Å². The number of aryl methyl sites for hydroxylation is 1. The van der Waals surface area contributed by atoms with Gasteiger partial charge in [-0.2, -0.15) is 0 Å². The fourth-order valence-electron chi connectivity index (χ4n) is 2.61. The predicted octanol–water partition coefficient (Wildman–Crippen LogP) is 2.30. The predicted molar refractivity (Wildman–Crippen MR) is 75.8 cm³/mol. The zero-order valence-corrected chi connectivity index (χ0v) is 11.5. The van der Waals surface area contributed by atoms with E-state index in [1.165, 1.54) is 11.0 Å². The van der Waals surface area contributed by atoms with Crippen LogP contribution in [0.15, 0.2) is 36.7 Å². The van der Waals surface area contributed by atoms with Gasteiger partial charge in [0.15, 0.2) is 0 Å². The lowest BCUT2D eigenvalue weighted by Gasteiger charge is -2.18. The molecule has 0 unspecified atom stereocenters. The lowest BCUT2D eigenvalue weighted by Crippen LogP contribution is -2.32. The molecule has 1 aliphatic heterocycles. The van der Waals surface area contributed by atoms with Gasteiger partial charge in [0.25, 0.3) is 11.7 Å². The molecule has 21 heavy (non-hydrogen) atoms. The summed E-state index contributed by atoms with van der Waals surface area (Å²) in [4.78, 5) is 29.5. The molecule has 0 saturated carbocycles. The summed E-state index contributed by atoms with van der Waals surface area (Å²) < 4.78 is 13.4. The van der Waals surface area contributed by atoms with Crippen LogP contribution >= 0.6 is 0 Å². The van der Waals surface area contributed by atoms with Gasteiger partial charge in [0.2, 0.25) is 0 Å². The smallest absolute Gasteiger partial charge is 0.299 e. The Hall–Kier alpha value is -2.56. The Labute approximate surface area is 121 Å². The van der Waals surface area contributed by atoms with E-state index in [2.05, 4.69) is 4.98 Å². The number of anilines is 1. The van der Waals surface area contributed by atoms with Crippen molar-refractivity contribution in [1.82, 2.24) is 4.98 Å². The van der Waals surface area contributed by atoms with Crippen LogP contribution in [-0.2, 0) is 11.2 Å². The molecular formula is C16H13FN2O2. The SMILES string of the molecule is Cc1cc(F)cc2c1N(CCc1cccnc1)C(=O)C2=O. The van der Waals surface area contributed by atoms with Gasteiger partial charge in [0.05, 0.1) is 11.3 Å². The molecule has 0 fully saturated rings. The maximum absolute atomic E-state index is 13.4. The van der Waals surface area contributed by atoms with Crippen molar-refractivity contribution in [2.45, 2.75) is 13.3 Å². The Balaban J connectivity index is 1.91. The first-order valence-electron chi connectivity index (χ1n) is 6.63. The molecule has 0 saturated heterocycles. The van der Waals surface area contributed by atoms with Crippen LogP contribution in [0.25, 0.3) is 0 Å². The molecule has 0 radical (unpaired) electrons. The molecule has 1 amide bonds. The summed E-state index contributed by atoms with van der Waals surface area (Å²) in [5.41, 5.74) is 2.25. The number of nitrogens with zero attached hydrogens (tertiary/aromatic N) is 2. The van der Waals surface area contributed by atoms with E-state index in [0.717, 1.165) is 11.6 Å². The molecular weight excluding hydrogens is 271 g/mol. The van der Waals surface area contributed by atoms with Crippen LogP contribution in [0.5, 0.6) is 0 Å². The number of aromatic nitrogens is 1. The number of pyridine rings is 1. The van der Waals surface area contributed by atoms with Crippen molar-refractivity contribution in [2.75, 3.05) is 11.4 Å². The van der Waals surface area contributed by atoms with Crippen LogP contribution in [0, 0.1) is 12.7 Å². The van der Waals surface area contributed by atoms with Crippen molar-refractivity contribution in [3.05, 3.63) is 59.2 Å². The average molecular weight is 284 g/mol. The highest BCUT2D eigenvalue weighted by atomic mass is 19.1. The lowest BCUT2D eigenvalue weighted by molar-refractivity contribution is -0.114. The van der Waals surface area contributed by atoms with E-state index >= 15 is 0 Å². The third kappa shape index (κ3) is 2.31. The van der Waals surface area contributed by atoms with E-state index < -0.39 is 17.5 Å². The molecule has 1 aromatic carbocycles. The van der Waals surface area contributed by atoms with Crippen LogP contribution in [0.2, 0.25) is 0 Å². The minimum Gasteiger partial charge on any atom is -0.304 e. The number of rotatable bonds is 3. The first-order chi connectivity index (χ1) is 10.1. The van der Waals surface area contributed by atoms with E-state index in [1.807, 2.05) is 12.1 Å². The molecule has 106 valence electrons. The first-order valence-corrected chi connectivity index (χ1v) is 6.63. The number of benzene rings is 1. The molecule has 0 bridgehead atoms. The van der Waals surface area contributed by atoms with Crippen LogP contribution in [0.3, 0.4) is 0 Å². The van der Waals surface area contributed by atoms with Gasteiger partial charge >= 0.3 is 0 Å². The summed E-state index contributed by atoms with van der Waals surface area (Å²) >= 11 is 0. The van der Waals surface area contributed by atoms with Crippen molar-refractivity contribution in [3.8, 4) is 0 Å². The van der Waals surface area contributed by atoms with Gasteiger partial charge in [-0.25, -0.2) is 4.39 Å². The highest BCUT2D eigenvalue weighted by Crippen LogP contribution is 2.33. The van der Waals surface area contributed by atoms with Gasteiger partial charge in [-0.05, 0) is 42.7 Å². The van der Waals surface area contributed by atoms with Crippen LogP contribution in [0.1, 0.15) is 21.5 Å². The molecule has 2 aromatic rings. The second-order valence-corrected chi connectivity index (χ2v) is 5.02. The maximum atomic E-state index is 13.4. The molecule has 1 aliphatic rings. The second-order valence-electron chi connectivity index (χ2n) is 5.02. The normalized spacial score (nSPS) is 13.7. The van der Waals surface area contributed by atoms with Crippen LogP contribution in [0.4, 0.5) is 10.1 Å². The van der Waals surface area contributed by atoms with Gasteiger partial charge in [0.1, 0.15) is 5.82 Å². The Morgan fingerprint density at radius 3 is 2.81 bits per heavy atom. The molecule has 4 nitrogen and oxygen atoms in total. The highest BCUT2D eigenvalue weighted by Gasteiger charge is 2.37. The number of Topliss-reactive ketones (excluding diaryl/α,β-unsaturated/α-hetero) is 1. The van der Waals surface area contributed by atoms with E-state index in [9.17, 15) is 14.0 Å². The van der Waals surface area contributed by atoms with Gasteiger partial charge in [-0.1, -0.05) is 6.07 Å². The molecule has 5 heteroatoms. The third-order valence-corrected chi connectivity index (χ3v) is 3.57. The number of carbonyl (C=O) groups excluding carboxylic acids is 2. The van der Waals surface area contributed by atoms with E-state index in [0.29, 0.717) is 24.2 Å². The fourth-order valence-corrected chi connectivity index (χ4v) is 2.61. The molecule has 3 rings (SSSR count). The number of fused-ring (bicyclic) bond motifs is 1. The lowest BCUT2D eigenvalue weighted by atomic mass is 10.1. The maximum Gasteiger partial charge on any atom is 0.299 e. The number of ketones is 1. The summed E-state index contributed by atoms with van der Waals surface area (Å²) in [6.07, 6.45) is 3.99. The van der Waals surface area contributed by atoms with Crippen molar-refractivity contribution in [3.63, 3.8) is 0 Å². The quantitative estimate of drug-likeness (QED) is 0.813. The largest absolute Gasteiger partial charge is 0.304 e. The van der Waals surface area contributed by atoms with Gasteiger partial charge in [-0.15, -0.1) is 0 Å². The van der Waals surface area contributed by atoms with Crippen molar-refractivity contribution in [2.24, 2.45) is 0 Å². The monoisotopic (exact) mass is 284 g/mol. The third-order valence-electron chi connectivity index (χ3n) is 3.57. The minimum atomic E-state index is -0.640. The van der Waals surface area contributed by atoms with E-state index in [1.54, 1.807) is 19.3 Å². The van der Waals surface area contributed by atoms with Crippen molar-refractivity contribution >= 4 is 17.4 Å². The zero-order valence-electron chi connectivity index (χ0n) is 11.5. The highest BCUT2D eigenvalue weighted by molar-refractivity contribution is 6.52. The standard InChI is InChI=1S/C16H13FN2O2/c1-10-7-12(17)8-13-14(10)19(16(21)15(13)20)6-4-11-3-2-5-18-9-11/h2-3,5,7-9H,4,6H2,1H3. The number of halogens is 1. The summed E-state index contributed by atoms with van der Waals surface area (Å²) in [6, 6.07) is 6.20. The van der Waals surface area contributed by atoms with Crippen molar-refractivity contribution in [1.29, 1.82) is 0 Å². The number of carbonyl (C=O) groups is 2. The summed E-state index contributed by atoms with van der Waals surface area (Å²) in [5.74, 6) is -1.73. The summed E-state index contributed by atoms with van der Waals surface area (Å²) in [7, 11) is 0. The Morgan fingerprint density at radius 2 is 2.10 bits per heavy atom. The van der Waals surface area contributed by atoms with Gasteiger partial charge in [-0.3, -0.25) is 14.6 Å². The second kappa shape index (κ2) is 5.09. The van der Waals surface area contributed by atoms with Gasteiger partial charge < -0.3 is 4.90 Å². The first kappa shape index (κ1) is 13.4. The Morgan fingerprint density at radius 1 is 1.29 bits per heavy atom. The molecule has 0 atom stereocenters. The topological polar surface area (TPSA) is 50.3 Å².